The van der Waals surface area contributed by atoms with Crippen LogP contribution in [0, 0.1) is 11.6 Å². The summed E-state index contributed by atoms with van der Waals surface area (Å²) in [6, 6.07) is 11.1. The van der Waals surface area contributed by atoms with Crippen molar-refractivity contribution >= 4 is 11.8 Å². The maximum Gasteiger partial charge on any atom is 0.433 e. The Labute approximate surface area is 155 Å². The molecular formula is C18H11F5N2OS. The predicted molar refractivity (Wildman–Crippen MR) is 89.5 cm³/mol. The highest BCUT2D eigenvalue weighted by atomic mass is 32.2. The van der Waals surface area contributed by atoms with Crippen LogP contribution in [0.15, 0.2) is 59.8 Å². The third kappa shape index (κ3) is 5.40. The first-order valence-corrected chi connectivity index (χ1v) is 8.55. The van der Waals surface area contributed by atoms with Gasteiger partial charge in [0.15, 0.2) is 10.9 Å². The largest absolute Gasteiger partial charge is 0.439 e. The van der Waals surface area contributed by atoms with Crippen molar-refractivity contribution in [3.8, 4) is 11.6 Å². The zero-order valence-electron chi connectivity index (χ0n) is 13.5. The molecule has 1 aromatic heterocycles. The van der Waals surface area contributed by atoms with Crippen LogP contribution >= 0.6 is 11.8 Å². The van der Waals surface area contributed by atoms with Gasteiger partial charge in [-0.2, -0.15) is 18.2 Å². The number of ether oxygens (including phenoxy) is 1. The molecule has 27 heavy (non-hydrogen) atoms. The minimum absolute atomic E-state index is 0.129. The van der Waals surface area contributed by atoms with Gasteiger partial charge in [-0.1, -0.05) is 23.9 Å². The van der Waals surface area contributed by atoms with Crippen LogP contribution in [0.2, 0.25) is 0 Å². The average molecular weight is 398 g/mol. The number of nitrogens with zero attached hydrogens (tertiary/aromatic N) is 2. The van der Waals surface area contributed by atoms with Gasteiger partial charge in [-0.15, -0.1) is 0 Å². The smallest absolute Gasteiger partial charge is 0.433 e. The van der Waals surface area contributed by atoms with Crippen LogP contribution in [-0.4, -0.2) is 9.97 Å². The van der Waals surface area contributed by atoms with Gasteiger partial charge in [-0.05, 0) is 42.0 Å². The van der Waals surface area contributed by atoms with Gasteiger partial charge in [0.25, 0.3) is 0 Å². The van der Waals surface area contributed by atoms with Crippen LogP contribution in [0.3, 0.4) is 0 Å². The second-order valence-electron chi connectivity index (χ2n) is 5.35. The zero-order chi connectivity index (χ0) is 19.4. The van der Waals surface area contributed by atoms with E-state index < -0.39 is 23.5 Å². The highest BCUT2D eigenvalue weighted by molar-refractivity contribution is 7.98. The van der Waals surface area contributed by atoms with E-state index in [4.69, 9.17) is 4.74 Å². The summed E-state index contributed by atoms with van der Waals surface area (Å²) < 4.78 is 70.7. The van der Waals surface area contributed by atoms with E-state index in [1.165, 1.54) is 30.3 Å². The quantitative estimate of drug-likeness (QED) is 0.306. The lowest BCUT2D eigenvalue weighted by atomic mass is 10.2. The standard InChI is InChI=1S/C18H11F5N2OS/c19-12-4-6-14(7-5-12)26-16-9-15(18(21,22)23)24-17(25-16)27-10-11-2-1-3-13(20)8-11/h1-9H,10H2. The number of benzene rings is 2. The Hall–Kier alpha value is -2.68. The van der Waals surface area contributed by atoms with Gasteiger partial charge in [0.1, 0.15) is 17.4 Å². The molecule has 0 saturated heterocycles. The molecule has 0 bridgehead atoms. The highest BCUT2D eigenvalue weighted by Crippen LogP contribution is 2.33. The van der Waals surface area contributed by atoms with Crippen LogP contribution in [0.5, 0.6) is 11.6 Å². The monoisotopic (exact) mass is 398 g/mol. The van der Waals surface area contributed by atoms with E-state index in [1.54, 1.807) is 6.07 Å². The first kappa shape index (κ1) is 19.1. The molecule has 3 aromatic rings. The molecule has 9 heteroatoms. The van der Waals surface area contributed by atoms with Gasteiger partial charge < -0.3 is 4.74 Å². The Bertz CT molecular complexity index is 932. The lowest BCUT2D eigenvalue weighted by Gasteiger charge is -2.11. The minimum Gasteiger partial charge on any atom is -0.439 e. The Balaban J connectivity index is 1.85. The van der Waals surface area contributed by atoms with E-state index in [0.29, 0.717) is 11.6 Å². The number of thioether (sulfide) groups is 1. The molecule has 3 nitrogen and oxygen atoms in total. The Kier molecular flexibility index (Phi) is 5.59. The molecule has 2 aromatic carbocycles. The fraction of sp³-hybridized carbons (Fsp3) is 0.111. The number of rotatable bonds is 5. The van der Waals surface area contributed by atoms with Gasteiger partial charge in [-0.3, -0.25) is 0 Å². The molecule has 0 radical (unpaired) electrons. The van der Waals surface area contributed by atoms with Crippen LogP contribution in [-0.2, 0) is 11.9 Å². The van der Waals surface area contributed by atoms with Gasteiger partial charge in [-0.25, -0.2) is 13.8 Å². The molecule has 0 aliphatic carbocycles. The summed E-state index contributed by atoms with van der Waals surface area (Å²) in [5.41, 5.74) is -0.599. The van der Waals surface area contributed by atoms with Crippen molar-refractivity contribution in [1.82, 2.24) is 9.97 Å². The van der Waals surface area contributed by atoms with Gasteiger partial charge in [0.2, 0.25) is 5.88 Å². The summed E-state index contributed by atoms with van der Waals surface area (Å²) in [4.78, 5) is 7.44. The molecule has 0 spiro atoms. The van der Waals surface area contributed by atoms with Crippen LogP contribution in [0.25, 0.3) is 0 Å². The Morgan fingerprint density at radius 1 is 0.889 bits per heavy atom. The first-order chi connectivity index (χ1) is 12.8. The molecule has 0 amide bonds. The molecule has 0 unspecified atom stereocenters. The van der Waals surface area contributed by atoms with Gasteiger partial charge >= 0.3 is 6.18 Å². The van der Waals surface area contributed by atoms with Crippen molar-refractivity contribution in [3.05, 3.63) is 77.5 Å². The number of hydrogen-bond acceptors (Lipinski definition) is 4. The molecular weight excluding hydrogens is 387 g/mol. The summed E-state index contributed by atoms with van der Waals surface area (Å²) in [7, 11) is 0. The molecule has 0 fully saturated rings. The molecule has 1 heterocycles. The van der Waals surface area contributed by atoms with E-state index in [1.807, 2.05) is 0 Å². The third-order valence-corrected chi connectivity index (χ3v) is 4.18. The molecule has 0 aliphatic rings. The predicted octanol–water partition coefficient (Wildman–Crippen LogP) is 5.86. The van der Waals surface area contributed by atoms with Crippen LogP contribution < -0.4 is 4.74 Å². The first-order valence-electron chi connectivity index (χ1n) is 7.56. The fourth-order valence-electron chi connectivity index (χ4n) is 2.06. The van der Waals surface area contributed by atoms with Crippen molar-refractivity contribution in [2.75, 3.05) is 0 Å². The second-order valence-corrected chi connectivity index (χ2v) is 6.29. The van der Waals surface area contributed by atoms with E-state index in [0.717, 1.165) is 23.9 Å². The number of aromatic nitrogens is 2. The Morgan fingerprint density at radius 3 is 2.30 bits per heavy atom. The lowest BCUT2D eigenvalue weighted by Crippen LogP contribution is -2.10. The summed E-state index contributed by atoms with van der Waals surface area (Å²) in [5, 5.41) is -0.175. The van der Waals surface area contributed by atoms with E-state index in [9.17, 15) is 22.0 Å². The number of alkyl halides is 3. The third-order valence-electron chi connectivity index (χ3n) is 3.27. The maximum atomic E-state index is 13.2. The number of hydrogen-bond donors (Lipinski definition) is 0. The second kappa shape index (κ2) is 7.91. The average Bonchev–Trinajstić information content (AvgIpc) is 2.61. The molecule has 0 saturated carbocycles. The van der Waals surface area contributed by atoms with Crippen molar-refractivity contribution in [2.24, 2.45) is 0 Å². The Morgan fingerprint density at radius 2 is 1.63 bits per heavy atom. The van der Waals surface area contributed by atoms with Crippen molar-refractivity contribution in [2.45, 2.75) is 17.1 Å². The zero-order valence-corrected chi connectivity index (χ0v) is 14.3. The van der Waals surface area contributed by atoms with Crippen molar-refractivity contribution in [3.63, 3.8) is 0 Å². The van der Waals surface area contributed by atoms with Gasteiger partial charge in [0.05, 0.1) is 0 Å². The summed E-state index contributed by atoms with van der Waals surface area (Å²) in [6.45, 7) is 0. The van der Waals surface area contributed by atoms with Crippen molar-refractivity contribution < 1.29 is 26.7 Å². The van der Waals surface area contributed by atoms with Crippen molar-refractivity contribution in [1.29, 1.82) is 0 Å². The normalized spacial score (nSPS) is 11.4. The molecule has 0 aliphatic heterocycles. The summed E-state index contributed by atoms with van der Waals surface area (Å²) >= 11 is 0.911. The minimum atomic E-state index is -4.70. The van der Waals surface area contributed by atoms with E-state index in [-0.39, 0.29) is 22.5 Å². The summed E-state index contributed by atoms with van der Waals surface area (Å²) in [5.74, 6) is -0.976. The van der Waals surface area contributed by atoms with E-state index in [2.05, 4.69) is 9.97 Å². The molecule has 3 rings (SSSR count). The lowest BCUT2D eigenvalue weighted by molar-refractivity contribution is -0.141. The fourth-order valence-corrected chi connectivity index (χ4v) is 2.86. The highest BCUT2D eigenvalue weighted by Gasteiger charge is 2.34. The maximum absolute atomic E-state index is 13.2. The summed E-state index contributed by atoms with van der Waals surface area (Å²) in [6.07, 6.45) is -4.70. The van der Waals surface area contributed by atoms with Crippen LogP contribution in [0.1, 0.15) is 11.3 Å². The topological polar surface area (TPSA) is 35.0 Å². The SMILES string of the molecule is Fc1ccc(Oc2cc(C(F)(F)F)nc(SCc3cccc(F)c3)n2)cc1. The molecule has 140 valence electrons. The van der Waals surface area contributed by atoms with Crippen LogP contribution in [0.4, 0.5) is 22.0 Å². The van der Waals surface area contributed by atoms with E-state index >= 15 is 0 Å². The number of halogens is 5. The van der Waals surface area contributed by atoms with Gasteiger partial charge in [0, 0.05) is 11.8 Å². The molecule has 0 N–H and O–H groups in total. The molecule has 0 atom stereocenters.